The van der Waals surface area contributed by atoms with Crippen LogP contribution in [0.1, 0.15) is 5.56 Å². The third kappa shape index (κ3) is 3.58. The molecule has 1 aliphatic rings. The molecule has 1 aromatic rings. The van der Waals surface area contributed by atoms with Crippen LogP contribution in [0.2, 0.25) is 0 Å². The molecule has 104 valence electrons. The van der Waals surface area contributed by atoms with E-state index in [4.69, 9.17) is 9.84 Å². The van der Waals surface area contributed by atoms with Crippen LogP contribution in [0.15, 0.2) is 47.7 Å². The summed E-state index contributed by atoms with van der Waals surface area (Å²) in [6.45, 7) is 0.107. The monoisotopic (exact) mass is 275 g/mol. The average Bonchev–Trinajstić information content (AvgIpc) is 2.46. The number of carboxylic acids is 1. The summed E-state index contributed by atoms with van der Waals surface area (Å²) >= 11 is 0. The summed E-state index contributed by atoms with van der Waals surface area (Å²) in [5.74, 6) is -1.12. The number of hydrazine groups is 1. The molecule has 1 unspecified atom stereocenters. The number of rotatable bonds is 4. The van der Waals surface area contributed by atoms with Crippen molar-refractivity contribution in [2.24, 2.45) is 4.99 Å². The molecule has 0 spiro atoms. The summed E-state index contributed by atoms with van der Waals surface area (Å²) in [5.41, 5.74) is 3.17. The number of carboxylic acid groups (broad SMARTS) is 1. The number of carbonyl (C=O) groups is 2. The van der Waals surface area contributed by atoms with Gasteiger partial charge in [-0.05, 0) is 5.56 Å². The van der Waals surface area contributed by atoms with Gasteiger partial charge in [0.1, 0.15) is 6.61 Å². The van der Waals surface area contributed by atoms with E-state index in [1.807, 2.05) is 30.3 Å². The van der Waals surface area contributed by atoms with Crippen LogP contribution < -0.4 is 5.43 Å². The number of ether oxygens (including phenoxy) is 1. The highest BCUT2D eigenvalue weighted by atomic mass is 16.6. The van der Waals surface area contributed by atoms with Crippen LogP contribution in [0.25, 0.3) is 0 Å². The van der Waals surface area contributed by atoms with Crippen LogP contribution in [0.3, 0.4) is 0 Å². The summed E-state index contributed by atoms with van der Waals surface area (Å²) in [4.78, 5) is 26.3. The minimum atomic E-state index is -1.12. The zero-order valence-electron chi connectivity index (χ0n) is 10.5. The first-order valence-corrected chi connectivity index (χ1v) is 5.85. The number of amides is 1. The molecule has 1 amide bonds. The molecule has 2 rings (SSSR count). The van der Waals surface area contributed by atoms with Gasteiger partial charge in [0.25, 0.3) is 0 Å². The van der Waals surface area contributed by atoms with Gasteiger partial charge in [-0.3, -0.25) is 10.0 Å². The molecule has 0 bridgehead atoms. The fourth-order valence-corrected chi connectivity index (χ4v) is 1.56. The van der Waals surface area contributed by atoms with Crippen molar-refractivity contribution in [2.45, 2.75) is 12.6 Å². The first kappa shape index (κ1) is 13.6. The molecule has 0 fully saturated rings. The molecule has 0 saturated heterocycles. The second kappa shape index (κ2) is 6.37. The van der Waals surface area contributed by atoms with Gasteiger partial charge in [0.2, 0.25) is 0 Å². The van der Waals surface area contributed by atoms with Crippen LogP contribution in [0, 0.1) is 0 Å². The van der Waals surface area contributed by atoms with Crippen molar-refractivity contribution in [1.82, 2.24) is 10.4 Å². The smallest absolute Gasteiger partial charge is 0.426 e. The van der Waals surface area contributed by atoms with Gasteiger partial charge < -0.3 is 9.84 Å². The molecular weight excluding hydrogens is 262 g/mol. The lowest BCUT2D eigenvalue weighted by Gasteiger charge is -2.26. The number of carbonyl (C=O) groups excluding carboxylic acids is 1. The molecule has 7 heteroatoms. The fraction of sp³-hybridized carbons (Fsp3) is 0.154. The third-order valence-electron chi connectivity index (χ3n) is 2.53. The zero-order valence-corrected chi connectivity index (χ0v) is 10.5. The number of nitrogens with one attached hydrogen (secondary N) is 1. The lowest BCUT2D eigenvalue weighted by Crippen LogP contribution is -2.50. The maximum atomic E-state index is 11.6. The van der Waals surface area contributed by atoms with Gasteiger partial charge in [0.15, 0.2) is 6.04 Å². The Morgan fingerprint density at radius 1 is 1.35 bits per heavy atom. The molecule has 20 heavy (non-hydrogen) atoms. The molecule has 0 aliphatic carbocycles. The number of nitrogens with zero attached hydrogens (tertiary/aromatic N) is 2. The minimum absolute atomic E-state index is 0.107. The largest absolute Gasteiger partial charge is 0.479 e. The van der Waals surface area contributed by atoms with Crippen molar-refractivity contribution in [3.8, 4) is 0 Å². The summed E-state index contributed by atoms with van der Waals surface area (Å²) in [5, 5.41) is 10.1. The van der Waals surface area contributed by atoms with Gasteiger partial charge in [-0.1, -0.05) is 30.3 Å². The maximum Gasteiger partial charge on any atom is 0.426 e. The fourth-order valence-electron chi connectivity index (χ4n) is 1.56. The Morgan fingerprint density at radius 2 is 2.10 bits per heavy atom. The number of benzene rings is 1. The quantitative estimate of drug-likeness (QED) is 0.859. The predicted octanol–water partition coefficient (Wildman–Crippen LogP) is 1.14. The van der Waals surface area contributed by atoms with Crippen LogP contribution >= 0.6 is 0 Å². The molecule has 2 N–H and O–H groups in total. The van der Waals surface area contributed by atoms with E-state index in [1.165, 1.54) is 18.6 Å². The molecule has 1 heterocycles. The Kier molecular flexibility index (Phi) is 4.33. The summed E-state index contributed by atoms with van der Waals surface area (Å²) in [6.07, 6.45) is 3.19. The van der Waals surface area contributed by atoms with E-state index in [1.54, 1.807) is 0 Å². The maximum absolute atomic E-state index is 11.6. The number of aliphatic carboxylic acids is 1. The summed E-state index contributed by atoms with van der Waals surface area (Å²) in [6, 6.07) is 8.12. The van der Waals surface area contributed by atoms with Crippen molar-refractivity contribution < 1.29 is 19.4 Å². The predicted molar refractivity (Wildman–Crippen MR) is 70.7 cm³/mol. The normalized spacial score (nSPS) is 16.8. The van der Waals surface area contributed by atoms with E-state index in [0.717, 1.165) is 10.6 Å². The number of hydrogen-bond donors (Lipinski definition) is 2. The van der Waals surface area contributed by atoms with E-state index in [9.17, 15) is 9.59 Å². The molecule has 0 radical (unpaired) electrons. The molecular formula is C13H13N3O4. The SMILES string of the molecule is O=C(NN1C=CN=CC1C(=O)O)OCc1ccccc1. The van der Waals surface area contributed by atoms with Crippen molar-refractivity contribution >= 4 is 18.3 Å². The van der Waals surface area contributed by atoms with E-state index < -0.39 is 18.1 Å². The molecule has 0 aromatic heterocycles. The van der Waals surface area contributed by atoms with Crippen LogP contribution in [0.4, 0.5) is 4.79 Å². The molecule has 1 aliphatic heterocycles. The van der Waals surface area contributed by atoms with Gasteiger partial charge in [-0.25, -0.2) is 15.0 Å². The van der Waals surface area contributed by atoms with Crippen LogP contribution in [-0.4, -0.2) is 34.4 Å². The van der Waals surface area contributed by atoms with Gasteiger partial charge in [-0.15, -0.1) is 0 Å². The Morgan fingerprint density at radius 3 is 2.80 bits per heavy atom. The minimum Gasteiger partial charge on any atom is -0.479 e. The lowest BCUT2D eigenvalue weighted by atomic mass is 10.2. The van der Waals surface area contributed by atoms with E-state index >= 15 is 0 Å². The number of aliphatic imine (C=N–C) groups is 1. The standard InChI is InChI=1S/C13H13N3O4/c17-12(18)11-8-14-6-7-16(11)15-13(19)20-9-10-4-2-1-3-5-10/h1-8,11H,9H2,(H,15,19)(H,17,18). The highest BCUT2D eigenvalue weighted by molar-refractivity contribution is 5.94. The highest BCUT2D eigenvalue weighted by Crippen LogP contribution is 2.04. The first-order valence-electron chi connectivity index (χ1n) is 5.85. The van der Waals surface area contributed by atoms with Gasteiger partial charge in [0, 0.05) is 18.6 Å². The van der Waals surface area contributed by atoms with Crippen LogP contribution in [0.5, 0.6) is 0 Å². The average molecular weight is 275 g/mol. The second-order valence-electron chi connectivity index (χ2n) is 3.96. The van der Waals surface area contributed by atoms with E-state index in [0.29, 0.717) is 0 Å². The van der Waals surface area contributed by atoms with Gasteiger partial charge in [-0.2, -0.15) is 0 Å². The molecule has 1 atom stereocenters. The second-order valence-corrected chi connectivity index (χ2v) is 3.96. The lowest BCUT2D eigenvalue weighted by molar-refractivity contribution is -0.140. The zero-order chi connectivity index (χ0) is 14.4. The Balaban J connectivity index is 1.86. The van der Waals surface area contributed by atoms with Gasteiger partial charge in [0.05, 0.1) is 0 Å². The summed E-state index contributed by atoms with van der Waals surface area (Å²) < 4.78 is 5.00. The van der Waals surface area contributed by atoms with Crippen molar-refractivity contribution in [1.29, 1.82) is 0 Å². The third-order valence-corrected chi connectivity index (χ3v) is 2.53. The Bertz CT molecular complexity index is 542. The van der Waals surface area contributed by atoms with Gasteiger partial charge >= 0.3 is 12.1 Å². The molecule has 1 aromatic carbocycles. The Hall–Kier alpha value is -2.83. The number of hydrogen-bond acceptors (Lipinski definition) is 5. The molecule has 0 saturated carbocycles. The van der Waals surface area contributed by atoms with E-state index in [2.05, 4.69) is 10.4 Å². The van der Waals surface area contributed by atoms with Crippen LogP contribution in [-0.2, 0) is 16.1 Å². The van der Waals surface area contributed by atoms with Crippen molar-refractivity contribution in [3.63, 3.8) is 0 Å². The first-order chi connectivity index (χ1) is 9.66. The van der Waals surface area contributed by atoms with Crippen molar-refractivity contribution in [2.75, 3.05) is 0 Å². The topological polar surface area (TPSA) is 91.2 Å². The Labute approximate surface area is 115 Å². The van der Waals surface area contributed by atoms with Crippen molar-refractivity contribution in [3.05, 3.63) is 48.3 Å². The summed E-state index contributed by atoms with van der Waals surface area (Å²) in [7, 11) is 0. The van der Waals surface area contributed by atoms with E-state index in [-0.39, 0.29) is 6.61 Å². The molecule has 7 nitrogen and oxygen atoms in total. The highest BCUT2D eigenvalue weighted by Gasteiger charge is 2.24.